The number of carbonyl (C=O) groups is 2. The van der Waals surface area contributed by atoms with Crippen LogP contribution in [0.2, 0.25) is 10.0 Å². The van der Waals surface area contributed by atoms with Gasteiger partial charge in [0, 0.05) is 6.54 Å². The number of rotatable bonds is 8. The van der Waals surface area contributed by atoms with Crippen LogP contribution in [0.3, 0.4) is 0 Å². The molecule has 0 fully saturated rings. The van der Waals surface area contributed by atoms with Crippen molar-refractivity contribution in [3.8, 4) is 5.75 Å². The van der Waals surface area contributed by atoms with E-state index in [4.69, 9.17) is 27.9 Å². The van der Waals surface area contributed by atoms with Crippen LogP contribution in [0.25, 0.3) is 0 Å². The van der Waals surface area contributed by atoms with Crippen molar-refractivity contribution < 1.29 is 18.7 Å². The minimum absolute atomic E-state index is 0.00816. The van der Waals surface area contributed by atoms with Crippen molar-refractivity contribution >= 4 is 40.7 Å². The van der Waals surface area contributed by atoms with Crippen LogP contribution in [0.15, 0.2) is 42.5 Å². The summed E-state index contributed by atoms with van der Waals surface area (Å²) in [6, 6.07) is 10.8. The Morgan fingerprint density at radius 3 is 2.41 bits per heavy atom. The third-order valence-corrected chi connectivity index (χ3v) is 4.34. The number of amides is 2. The van der Waals surface area contributed by atoms with E-state index < -0.39 is 11.7 Å². The van der Waals surface area contributed by atoms with Gasteiger partial charge in [0.2, 0.25) is 11.8 Å². The molecule has 0 aliphatic rings. The van der Waals surface area contributed by atoms with E-state index in [1.54, 1.807) is 37.3 Å². The third kappa shape index (κ3) is 6.12. The Labute approximate surface area is 167 Å². The molecule has 0 aliphatic carbocycles. The summed E-state index contributed by atoms with van der Waals surface area (Å²) in [7, 11) is 0. The summed E-state index contributed by atoms with van der Waals surface area (Å²) in [4.78, 5) is 25.9. The Morgan fingerprint density at radius 2 is 1.78 bits per heavy atom. The lowest BCUT2D eigenvalue weighted by atomic mass is 10.3. The highest BCUT2D eigenvalue weighted by atomic mass is 35.5. The smallest absolute Gasteiger partial charge is 0.244 e. The van der Waals surface area contributed by atoms with Gasteiger partial charge in [-0.05, 0) is 31.2 Å². The molecule has 0 radical (unpaired) electrons. The standard InChI is InChI=1S/C19H19Cl2FN2O3/c1-2-24(12-17(25)23-19-13(20)6-5-7-14(19)21)18(26)10-11-27-16-9-4-3-8-15(16)22/h3-9H,2,10-12H2,1H3,(H,23,25). The van der Waals surface area contributed by atoms with Crippen molar-refractivity contribution in [1.29, 1.82) is 0 Å². The molecule has 0 aliphatic heterocycles. The average Bonchev–Trinajstić information content (AvgIpc) is 2.64. The summed E-state index contributed by atoms with van der Waals surface area (Å²) in [5, 5.41) is 3.23. The van der Waals surface area contributed by atoms with Gasteiger partial charge in [0.1, 0.15) is 0 Å². The normalized spacial score (nSPS) is 10.4. The Morgan fingerprint density at radius 1 is 1.11 bits per heavy atom. The predicted molar refractivity (Wildman–Crippen MR) is 104 cm³/mol. The van der Waals surface area contributed by atoms with E-state index >= 15 is 0 Å². The van der Waals surface area contributed by atoms with E-state index in [1.165, 1.54) is 17.0 Å². The zero-order valence-electron chi connectivity index (χ0n) is 14.7. The lowest BCUT2D eigenvalue weighted by Gasteiger charge is -2.21. The molecule has 0 unspecified atom stereocenters. The Balaban J connectivity index is 1.87. The topological polar surface area (TPSA) is 58.6 Å². The molecule has 27 heavy (non-hydrogen) atoms. The van der Waals surface area contributed by atoms with Crippen LogP contribution in [0, 0.1) is 5.82 Å². The third-order valence-electron chi connectivity index (χ3n) is 3.71. The Bertz CT molecular complexity index is 797. The minimum Gasteiger partial charge on any atom is -0.490 e. The average molecular weight is 413 g/mol. The number of benzene rings is 2. The van der Waals surface area contributed by atoms with Crippen molar-refractivity contribution in [3.05, 3.63) is 58.3 Å². The quantitative estimate of drug-likeness (QED) is 0.699. The molecule has 0 spiro atoms. The minimum atomic E-state index is -0.492. The van der Waals surface area contributed by atoms with Gasteiger partial charge in [0.15, 0.2) is 11.6 Å². The molecule has 0 aromatic heterocycles. The first-order valence-corrected chi connectivity index (χ1v) is 9.07. The van der Waals surface area contributed by atoms with Crippen LogP contribution in [0.5, 0.6) is 5.75 Å². The number of likely N-dealkylation sites (N-methyl/N-ethyl adjacent to an activating group) is 1. The van der Waals surface area contributed by atoms with E-state index in [0.717, 1.165) is 0 Å². The number of anilines is 1. The molecule has 0 atom stereocenters. The zero-order valence-corrected chi connectivity index (χ0v) is 16.2. The lowest BCUT2D eigenvalue weighted by Crippen LogP contribution is -2.38. The van der Waals surface area contributed by atoms with E-state index in [2.05, 4.69) is 5.32 Å². The van der Waals surface area contributed by atoms with E-state index in [0.29, 0.717) is 22.3 Å². The second-order valence-corrected chi connectivity index (χ2v) is 6.40. The van der Waals surface area contributed by atoms with Gasteiger partial charge in [0.05, 0.1) is 35.3 Å². The molecule has 8 heteroatoms. The van der Waals surface area contributed by atoms with Crippen molar-refractivity contribution in [1.82, 2.24) is 4.90 Å². The maximum Gasteiger partial charge on any atom is 0.244 e. The van der Waals surface area contributed by atoms with Crippen LogP contribution in [0.4, 0.5) is 10.1 Å². The molecular weight excluding hydrogens is 394 g/mol. The number of hydrogen-bond acceptors (Lipinski definition) is 3. The summed E-state index contributed by atoms with van der Waals surface area (Å²) in [5.74, 6) is -1.11. The maximum atomic E-state index is 13.5. The fourth-order valence-corrected chi connectivity index (χ4v) is 2.81. The molecule has 0 heterocycles. The molecular formula is C19H19Cl2FN2O3. The number of ether oxygens (including phenoxy) is 1. The van der Waals surface area contributed by atoms with Crippen LogP contribution in [-0.4, -0.2) is 36.4 Å². The van der Waals surface area contributed by atoms with Gasteiger partial charge in [-0.1, -0.05) is 41.4 Å². The summed E-state index contributed by atoms with van der Waals surface area (Å²) >= 11 is 12.0. The molecule has 0 bridgehead atoms. The maximum absolute atomic E-state index is 13.5. The summed E-state index contributed by atoms with van der Waals surface area (Å²) in [6.45, 7) is 1.94. The molecule has 0 saturated heterocycles. The van der Waals surface area contributed by atoms with Gasteiger partial charge in [-0.2, -0.15) is 0 Å². The van der Waals surface area contributed by atoms with Crippen LogP contribution in [-0.2, 0) is 9.59 Å². The van der Waals surface area contributed by atoms with Crippen molar-refractivity contribution in [2.45, 2.75) is 13.3 Å². The van der Waals surface area contributed by atoms with Crippen molar-refractivity contribution in [3.63, 3.8) is 0 Å². The number of halogens is 3. The molecule has 2 amide bonds. The first-order valence-electron chi connectivity index (χ1n) is 8.31. The zero-order chi connectivity index (χ0) is 19.8. The second-order valence-electron chi connectivity index (χ2n) is 5.58. The highest BCUT2D eigenvalue weighted by Crippen LogP contribution is 2.29. The second kappa shape index (κ2) is 10.1. The fraction of sp³-hybridized carbons (Fsp3) is 0.263. The van der Waals surface area contributed by atoms with Crippen LogP contribution in [0.1, 0.15) is 13.3 Å². The van der Waals surface area contributed by atoms with Crippen LogP contribution < -0.4 is 10.1 Å². The first-order chi connectivity index (χ1) is 12.9. The van der Waals surface area contributed by atoms with E-state index in [-0.39, 0.29) is 31.2 Å². The lowest BCUT2D eigenvalue weighted by molar-refractivity contribution is -0.134. The van der Waals surface area contributed by atoms with Gasteiger partial charge in [-0.3, -0.25) is 9.59 Å². The Kier molecular flexibility index (Phi) is 7.88. The van der Waals surface area contributed by atoms with Gasteiger partial charge < -0.3 is 15.0 Å². The van der Waals surface area contributed by atoms with Gasteiger partial charge in [-0.15, -0.1) is 0 Å². The largest absolute Gasteiger partial charge is 0.490 e. The van der Waals surface area contributed by atoms with Crippen molar-refractivity contribution in [2.24, 2.45) is 0 Å². The molecule has 0 saturated carbocycles. The monoisotopic (exact) mass is 412 g/mol. The molecule has 2 rings (SSSR count). The summed E-state index contributed by atoms with van der Waals surface area (Å²) in [5.41, 5.74) is 0.303. The number of carbonyl (C=O) groups excluding carboxylic acids is 2. The van der Waals surface area contributed by atoms with E-state index in [9.17, 15) is 14.0 Å². The highest BCUT2D eigenvalue weighted by Gasteiger charge is 2.17. The molecule has 2 aromatic carbocycles. The van der Waals surface area contributed by atoms with Crippen molar-refractivity contribution in [2.75, 3.05) is 25.0 Å². The van der Waals surface area contributed by atoms with Gasteiger partial charge in [0.25, 0.3) is 0 Å². The fourth-order valence-electron chi connectivity index (χ4n) is 2.31. The summed E-state index contributed by atoms with van der Waals surface area (Å²) in [6.07, 6.45) is 0.0162. The molecule has 144 valence electrons. The molecule has 5 nitrogen and oxygen atoms in total. The molecule has 1 N–H and O–H groups in total. The molecule has 2 aromatic rings. The van der Waals surface area contributed by atoms with Gasteiger partial charge >= 0.3 is 0 Å². The van der Waals surface area contributed by atoms with E-state index in [1.807, 2.05) is 0 Å². The van der Waals surface area contributed by atoms with Gasteiger partial charge in [-0.25, -0.2) is 4.39 Å². The number of nitrogens with zero attached hydrogens (tertiary/aromatic N) is 1. The SMILES string of the molecule is CCN(CC(=O)Nc1c(Cl)cccc1Cl)C(=O)CCOc1ccccc1F. The number of para-hydroxylation sites is 2. The predicted octanol–water partition coefficient (Wildman–Crippen LogP) is 4.39. The number of nitrogens with one attached hydrogen (secondary N) is 1. The van der Waals surface area contributed by atoms with Crippen LogP contribution >= 0.6 is 23.2 Å². The number of hydrogen-bond donors (Lipinski definition) is 1. The first kappa shape index (κ1) is 21.0. The Hall–Kier alpha value is -2.31. The summed E-state index contributed by atoms with van der Waals surface area (Å²) < 4.78 is 18.8. The highest BCUT2D eigenvalue weighted by molar-refractivity contribution is 6.39.